The summed E-state index contributed by atoms with van der Waals surface area (Å²) in [7, 11) is 1.33. The van der Waals surface area contributed by atoms with Crippen LogP contribution in [0, 0.1) is 9.49 Å². The number of likely N-dealkylation sites (tertiary alicyclic amines) is 1. The Morgan fingerprint density at radius 3 is 2.69 bits per heavy atom. The first-order valence-corrected chi connectivity index (χ1v) is 11.6. The largest absolute Gasteiger partial charge is 0.467 e. The molecular weight excluding hydrogens is 521 g/mol. The van der Waals surface area contributed by atoms with Crippen molar-refractivity contribution in [3.8, 4) is 0 Å². The van der Waals surface area contributed by atoms with Gasteiger partial charge in [0.2, 0.25) is 5.91 Å². The Morgan fingerprint density at radius 1 is 1.16 bits per heavy atom. The number of aromatic nitrogens is 1. The van der Waals surface area contributed by atoms with E-state index in [0.29, 0.717) is 24.2 Å². The van der Waals surface area contributed by atoms with E-state index in [9.17, 15) is 14.4 Å². The van der Waals surface area contributed by atoms with Crippen molar-refractivity contribution < 1.29 is 19.1 Å². The van der Waals surface area contributed by atoms with Gasteiger partial charge in [-0.25, -0.2) is 4.79 Å². The van der Waals surface area contributed by atoms with Crippen molar-refractivity contribution in [1.82, 2.24) is 15.2 Å². The molecule has 2 atom stereocenters. The molecule has 7 nitrogen and oxygen atoms in total. The highest BCUT2D eigenvalue weighted by Crippen LogP contribution is 2.43. The maximum atomic E-state index is 13.6. The van der Waals surface area contributed by atoms with E-state index in [1.807, 2.05) is 36.4 Å². The molecule has 0 unspecified atom stereocenters. The number of para-hydroxylation sites is 1. The van der Waals surface area contributed by atoms with Gasteiger partial charge in [-0.3, -0.25) is 19.8 Å². The second kappa shape index (κ2) is 8.00. The van der Waals surface area contributed by atoms with Gasteiger partial charge < -0.3 is 9.72 Å². The minimum Gasteiger partial charge on any atom is -0.467 e. The number of ether oxygens (including phenoxy) is 1. The van der Waals surface area contributed by atoms with Gasteiger partial charge in [0.25, 0.3) is 5.91 Å². The number of carbonyl (C=O) groups is 3. The van der Waals surface area contributed by atoms with Crippen LogP contribution >= 0.6 is 22.6 Å². The summed E-state index contributed by atoms with van der Waals surface area (Å²) in [6, 6.07) is 15.0. The van der Waals surface area contributed by atoms with Gasteiger partial charge in [-0.2, -0.15) is 0 Å². The van der Waals surface area contributed by atoms with Crippen LogP contribution in [0.25, 0.3) is 10.9 Å². The highest BCUT2D eigenvalue weighted by atomic mass is 127. The number of methoxy groups -OCH3 is 1. The molecule has 3 heterocycles. The molecular formula is C24H22IN3O4. The first-order valence-electron chi connectivity index (χ1n) is 10.5. The molecule has 2 aliphatic rings. The second-order valence-corrected chi connectivity index (χ2v) is 9.28. The molecule has 2 N–H and O–H groups in total. The zero-order chi connectivity index (χ0) is 22.5. The second-order valence-electron chi connectivity index (χ2n) is 8.12. The van der Waals surface area contributed by atoms with Crippen LogP contribution in [0.5, 0.6) is 0 Å². The van der Waals surface area contributed by atoms with E-state index < -0.39 is 17.4 Å². The van der Waals surface area contributed by atoms with E-state index in [2.05, 4.69) is 32.9 Å². The average molecular weight is 543 g/mol. The summed E-state index contributed by atoms with van der Waals surface area (Å²) in [5, 5.41) is 4.35. The van der Waals surface area contributed by atoms with Gasteiger partial charge >= 0.3 is 5.97 Å². The Hall–Kier alpha value is -2.72. The number of aromatic amines is 1. The quantitative estimate of drug-likeness (QED) is 0.301. The molecule has 0 spiro atoms. The lowest BCUT2D eigenvalue weighted by Gasteiger charge is -2.39. The number of benzene rings is 2. The van der Waals surface area contributed by atoms with E-state index >= 15 is 0 Å². The number of rotatable bonds is 3. The molecule has 32 heavy (non-hydrogen) atoms. The third-order valence-electron chi connectivity index (χ3n) is 6.57. The molecule has 2 amide bonds. The summed E-state index contributed by atoms with van der Waals surface area (Å²) in [6.45, 7) is 0.779. The molecule has 8 heteroatoms. The number of nitrogens with one attached hydrogen (secondary N) is 2. The van der Waals surface area contributed by atoms with Crippen molar-refractivity contribution in [3.63, 3.8) is 0 Å². The predicted molar refractivity (Wildman–Crippen MR) is 127 cm³/mol. The normalized spacial score (nSPS) is 22.8. The first kappa shape index (κ1) is 21.1. The Balaban J connectivity index is 1.59. The molecule has 1 fully saturated rings. The zero-order valence-corrected chi connectivity index (χ0v) is 19.6. The van der Waals surface area contributed by atoms with Gasteiger partial charge in [0.05, 0.1) is 24.3 Å². The van der Waals surface area contributed by atoms with E-state index in [-0.39, 0.29) is 18.4 Å². The number of imide groups is 1. The summed E-state index contributed by atoms with van der Waals surface area (Å²) in [5.41, 5.74) is 1.71. The Bertz CT molecular complexity index is 1250. The van der Waals surface area contributed by atoms with E-state index in [1.165, 1.54) is 12.0 Å². The van der Waals surface area contributed by atoms with E-state index in [1.54, 1.807) is 12.1 Å². The average Bonchev–Trinajstić information content (AvgIpc) is 3.39. The number of hydrogen-bond donors (Lipinski definition) is 2. The number of nitrogens with zero attached hydrogens (tertiary/aromatic N) is 1. The van der Waals surface area contributed by atoms with Crippen LogP contribution in [0.1, 0.15) is 28.0 Å². The lowest BCUT2D eigenvalue weighted by molar-refractivity contribution is -0.156. The molecule has 5 rings (SSSR count). The van der Waals surface area contributed by atoms with Crippen LogP contribution in [-0.4, -0.2) is 47.9 Å². The molecule has 0 saturated carbocycles. The predicted octanol–water partition coefficient (Wildman–Crippen LogP) is 2.98. The fraction of sp³-hybridized carbons (Fsp3) is 0.292. The van der Waals surface area contributed by atoms with Crippen LogP contribution in [0.2, 0.25) is 0 Å². The Kier molecular flexibility index (Phi) is 5.29. The lowest BCUT2D eigenvalue weighted by atomic mass is 9.75. The van der Waals surface area contributed by atoms with Crippen molar-refractivity contribution in [2.45, 2.75) is 18.4 Å². The van der Waals surface area contributed by atoms with Gasteiger partial charge in [0, 0.05) is 27.6 Å². The van der Waals surface area contributed by atoms with Crippen molar-refractivity contribution in [3.05, 3.63) is 68.9 Å². The maximum absolute atomic E-state index is 13.6. The SMILES string of the molecule is COC(=O)[C@]1([C@H]2CCN(C(=O)c3ccccc3I)C2=O)NCCc2c1[nH]c1ccccc21. The van der Waals surface area contributed by atoms with E-state index in [0.717, 1.165) is 26.5 Å². The number of esters is 1. The highest BCUT2D eigenvalue weighted by Gasteiger charge is 2.58. The molecule has 0 aliphatic carbocycles. The minimum atomic E-state index is -1.36. The lowest BCUT2D eigenvalue weighted by Crippen LogP contribution is -2.60. The monoisotopic (exact) mass is 543 g/mol. The molecule has 0 bridgehead atoms. The number of fused-ring (bicyclic) bond motifs is 3. The number of halogens is 1. The molecule has 164 valence electrons. The molecule has 2 aromatic carbocycles. The third kappa shape index (κ3) is 3.00. The number of amides is 2. The summed E-state index contributed by atoms with van der Waals surface area (Å²) >= 11 is 2.09. The van der Waals surface area contributed by atoms with Crippen LogP contribution in [0.4, 0.5) is 0 Å². The third-order valence-corrected chi connectivity index (χ3v) is 7.51. The molecule has 2 aliphatic heterocycles. The molecule has 1 aromatic heterocycles. The van der Waals surface area contributed by atoms with Gasteiger partial charge in [-0.1, -0.05) is 30.3 Å². The van der Waals surface area contributed by atoms with Crippen molar-refractivity contribution in [2.75, 3.05) is 20.2 Å². The standard InChI is InChI=1S/C24H22IN3O4/c1-32-23(31)24(20-15(10-12-26-24)14-6-3-5-9-19(14)27-20)17-11-13-28(22(17)30)21(29)16-7-2-4-8-18(16)25/h2-9,17,26-27H,10-13H2,1H3/t17-,24+/m0/s1. The summed E-state index contributed by atoms with van der Waals surface area (Å²) in [4.78, 5) is 44.8. The number of H-pyrrole nitrogens is 1. The Labute approximate surface area is 198 Å². The maximum Gasteiger partial charge on any atom is 0.333 e. The first-order chi connectivity index (χ1) is 15.5. The van der Waals surface area contributed by atoms with Gasteiger partial charge in [0.1, 0.15) is 0 Å². The fourth-order valence-electron chi connectivity index (χ4n) is 5.11. The van der Waals surface area contributed by atoms with Gasteiger partial charge in [0.15, 0.2) is 5.54 Å². The zero-order valence-electron chi connectivity index (χ0n) is 17.5. The number of hydrogen-bond acceptors (Lipinski definition) is 5. The fourth-order valence-corrected chi connectivity index (χ4v) is 5.73. The smallest absolute Gasteiger partial charge is 0.333 e. The highest BCUT2D eigenvalue weighted by molar-refractivity contribution is 14.1. The summed E-state index contributed by atoms with van der Waals surface area (Å²) < 4.78 is 6.01. The summed E-state index contributed by atoms with van der Waals surface area (Å²) in [6.07, 6.45) is 1.09. The van der Waals surface area contributed by atoms with Gasteiger partial charge in [-0.15, -0.1) is 0 Å². The van der Waals surface area contributed by atoms with Crippen LogP contribution in [0.15, 0.2) is 48.5 Å². The van der Waals surface area contributed by atoms with Crippen LogP contribution in [-0.2, 0) is 26.3 Å². The molecule has 1 saturated heterocycles. The molecule has 3 aromatic rings. The van der Waals surface area contributed by atoms with E-state index in [4.69, 9.17) is 4.74 Å². The van der Waals surface area contributed by atoms with Crippen LogP contribution in [0.3, 0.4) is 0 Å². The molecule has 0 radical (unpaired) electrons. The summed E-state index contributed by atoms with van der Waals surface area (Å²) in [5.74, 6) is -1.98. The minimum absolute atomic E-state index is 0.253. The van der Waals surface area contributed by atoms with Crippen molar-refractivity contribution in [2.24, 2.45) is 5.92 Å². The van der Waals surface area contributed by atoms with Crippen molar-refractivity contribution in [1.29, 1.82) is 0 Å². The van der Waals surface area contributed by atoms with Gasteiger partial charge in [-0.05, 0) is 59.2 Å². The topological polar surface area (TPSA) is 91.5 Å². The van der Waals surface area contributed by atoms with Crippen molar-refractivity contribution >= 4 is 51.3 Å². The number of carbonyl (C=O) groups excluding carboxylic acids is 3. The van der Waals surface area contributed by atoms with Crippen LogP contribution < -0.4 is 5.32 Å². The Morgan fingerprint density at radius 2 is 1.91 bits per heavy atom.